The Morgan fingerprint density at radius 3 is 2.67 bits per heavy atom. The van der Waals surface area contributed by atoms with Crippen LogP contribution in [0, 0.1) is 0 Å². The molecule has 2 aliphatic heterocycles. The van der Waals surface area contributed by atoms with Gasteiger partial charge in [-0.3, -0.25) is 4.79 Å². The highest BCUT2D eigenvalue weighted by molar-refractivity contribution is 6.30. The average Bonchev–Trinajstić information content (AvgIpc) is 3.51. The van der Waals surface area contributed by atoms with E-state index in [1.54, 1.807) is 12.0 Å². The molecule has 1 fully saturated rings. The van der Waals surface area contributed by atoms with Gasteiger partial charge in [-0.1, -0.05) is 23.7 Å². The molecule has 0 radical (unpaired) electrons. The van der Waals surface area contributed by atoms with Gasteiger partial charge in [0.25, 0.3) is 5.91 Å². The minimum absolute atomic E-state index is 0.0319. The van der Waals surface area contributed by atoms with E-state index in [2.05, 4.69) is 0 Å². The van der Waals surface area contributed by atoms with Gasteiger partial charge in [0.15, 0.2) is 11.5 Å². The number of halogens is 1. The molecule has 1 aromatic heterocycles. The van der Waals surface area contributed by atoms with E-state index >= 15 is 0 Å². The molecule has 1 atom stereocenters. The fraction of sp³-hybridized carbons (Fsp3) is 0.346. The lowest BCUT2D eigenvalue weighted by atomic mass is 10.1. The highest BCUT2D eigenvalue weighted by Gasteiger charge is 2.27. The van der Waals surface area contributed by atoms with Gasteiger partial charge in [0, 0.05) is 54.7 Å². The number of rotatable bonds is 7. The third-order valence-electron chi connectivity index (χ3n) is 6.28. The number of hydrogen-bond acceptors (Lipinski definition) is 4. The number of aromatic nitrogens is 1. The van der Waals surface area contributed by atoms with E-state index in [0.29, 0.717) is 35.4 Å². The van der Waals surface area contributed by atoms with Crippen molar-refractivity contribution in [1.82, 2.24) is 4.57 Å². The summed E-state index contributed by atoms with van der Waals surface area (Å²) in [6, 6.07) is 15.3. The molecule has 2 aromatic carbocycles. The Labute approximate surface area is 198 Å². The number of nitrogens with zero attached hydrogens (tertiary/aromatic N) is 2. The second kappa shape index (κ2) is 9.49. The van der Waals surface area contributed by atoms with E-state index in [-0.39, 0.29) is 12.0 Å². The first kappa shape index (κ1) is 21.9. The molecule has 33 heavy (non-hydrogen) atoms. The van der Waals surface area contributed by atoms with Crippen molar-refractivity contribution in [3.8, 4) is 22.6 Å². The summed E-state index contributed by atoms with van der Waals surface area (Å²) in [7, 11) is 1.62. The average molecular weight is 467 g/mol. The van der Waals surface area contributed by atoms with Crippen LogP contribution in [0.4, 0.5) is 5.69 Å². The monoisotopic (exact) mass is 466 g/mol. The summed E-state index contributed by atoms with van der Waals surface area (Å²) in [5.74, 6) is 1.27. The third kappa shape index (κ3) is 4.59. The zero-order chi connectivity index (χ0) is 22.8. The molecule has 0 aliphatic carbocycles. The molecule has 2 aliphatic rings. The van der Waals surface area contributed by atoms with Gasteiger partial charge in [0.05, 0.1) is 19.8 Å². The van der Waals surface area contributed by atoms with Gasteiger partial charge in [-0.2, -0.15) is 0 Å². The van der Waals surface area contributed by atoms with Crippen LogP contribution in [0.2, 0.25) is 5.02 Å². The Kier molecular flexibility index (Phi) is 6.29. The Bertz CT molecular complexity index is 1140. The lowest BCUT2D eigenvalue weighted by Crippen LogP contribution is -2.39. The van der Waals surface area contributed by atoms with Crippen LogP contribution in [0.25, 0.3) is 11.1 Å². The molecule has 6 nitrogen and oxygen atoms in total. The van der Waals surface area contributed by atoms with Gasteiger partial charge in [-0.15, -0.1) is 0 Å². The topological polar surface area (TPSA) is 52.9 Å². The van der Waals surface area contributed by atoms with Crippen LogP contribution >= 0.6 is 11.6 Å². The van der Waals surface area contributed by atoms with Crippen LogP contribution in [0.15, 0.2) is 54.7 Å². The largest absolute Gasteiger partial charge is 0.493 e. The molecular formula is C26H27ClN2O4. The standard InChI is InChI=1S/C26H27ClN2O4/c1-31-25-16-21(8-9-24(25)33-14-10-22-3-2-13-32-22)29-12-11-28-17-19(15-23(28)26(29)30)18-4-6-20(27)7-5-18/h4-9,15-17,22H,2-3,10-14H2,1H3. The first-order valence-corrected chi connectivity index (χ1v) is 11.7. The van der Waals surface area contributed by atoms with Crippen molar-refractivity contribution in [2.24, 2.45) is 0 Å². The Morgan fingerprint density at radius 1 is 1.06 bits per heavy atom. The summed E-state index contributed by atoms with van der Waals surface area (Å²) in [5.41, 5.74) is 3.50. The zero-order valence-electron chi connectivity index (χ0n) is 18.6. The maximum absolute atomic E-state index is 13.3. The van der Waals surface area contributed by atoms with Crippen LogP contribution in [-0.2, 0) is 11.3 Å². The molecule has 1 saturated heterocycles. The number of carbonyl (C=O) groups is 1. The number of methoxy groups -OCH3 is 1. The lowest BCUT2D eigenvalue weighted by Gasteiger charge is -2.29. The summed E-state index contributed by atoms with van der Waals surface area (Å²) in [6.07, 6.45) is 5.40. The number of benzene rings is 2. The van der Waals surface area contributed by atoms with Gasteiger partial charge >= 0.3 is 0 Å². The van der Waals surface area contributed by atoms with Crippen LogP contribution in [0.5, 0.6) is 11.5 Å². The molecule has 3 aromatic rings. The number of hydrogen-bond donors (Lipinski definition) is 0. The van der Waals surface area contributed by atoms with E-state index in [9.17, 15) is 4.79 Å². The predicted molar refractivity (Wildman–Crippen MR) is 129 cm³/mol. The molecular weight excluding hydrogens is 440 g/mol. The van der Waals surface area contributed by atoms with Crippen molar-refractivity contribution >= 4 is 23.2 Å². The summed E-state index contributed by atoms with van der Waals surface area (Å²) >= 11 is 6.01. The van der Waals surface area contributed by atoms with Gasteiger partial charge in [-0.25, -0.2) is 0 Å². The molecule has 172 valence electrons. The molecule has 0 N–H and O–H groups in total. The molecule has 0 saturated carbocycles. The van der Waals surface area contributed by atoms with Crippen LogP contribution in [-0.4, -0.2) is 43.4 Å². The van der Waals surface area contributed by atoms with E-state index in [0.717, 1.165) is 49.2 Å². The SMILES string of the molecule is COc1cc(N2CCn3cc(-c4ccc(Cl)cc4)cc3C2=O)ccc1OCCC1CCCO1. The summed E-state index contributed by atoms with van der Waals surface area (Å²) in [6.45, 7) is 2.72. The Balaban J connectivity index is 1.31. The van der Waals surface area contributed by atoms with Crippen molar-refractivity contribution < 1.29 is 19.0 Å². The normalized spacial score (nSPS) is 17.8. The van der Waals surface area contributed by atoms with Gasteiger partial charge in [-0.05, 0) is 48.7 Å². The molecule has 1 unspecified atom stereocenters. The summed E-state index contributed by atoms with van der Waals surface area (Å²) in [4.78, 5) is 15.1. The minimum Gasteiger partial charge on any atom is -0.493 e. The zero-order valence-corrected chi connectivity index (χ0v) is 19.4. The van der Waals surface area contributed by atoms with Crippen molar-refractivity contribution in [2.45, 2.75) is 31.9 Å². The summed E-state index contributed by atoms with van der Waals surface area (Å²) in [5, 5.41) is 0.693. The van der Waals surface area contributed by atoms with Gasteiger partial charge < -0.3 is 23.7 Å². The molecule has 7 heteroatoms. The molecule has 0 bridgehead atoms. The Hall–Kier alpha value is -2.96. The first-order valence-electron chi connectivity index (χ1n) is 11.3. The maximum Gasteiger partial charge on any atom is 0.274 e. The van der Waals surface area contributed by atoms with Crippen molar-refractivity contribution in [3.05, 3.63) is 65.4 Å². The molecule has 5 rings (SSSR count). The third-order valence-corrected chi connectivity index (χ3v) is 6.54. The van der Waals surface area contributed by atoms with Crippen molar-refractivity contribution in [1.29, 1.82) is 0 Å². The van der Waals surface area contributed by atoms with Crippen LogP contribution in [0.3, 0.4) is 0 Å². The van der Waals surface area contributed by atoms with Gasteiger partial charge in [0.2, 0.25) is 0 Å². The quantitative estimate of drug-likeness (QED) is 0.466. The number of ether oxygens (including phenoxy) is 3. The Morgan fingerprint density at radius 2 is 1.91 bits per heavy atom. The predicted octanol–water partition coefficient (Wildman–Crippen LogP) is 5.43. The highest BCUT2D eigenvalue weighted by Crippen LogP contribution is 2.34. The molecule has 0 spiro atoms. The van der Waals surface area contributed by atoms with E-state index in [4.69, 9.17) is 25.8 Å². The van der Waals surface area contributed by atoms with E-state index < -0.39 is 0 Å². The number of amides is 1. The fourth-order valence-corrected chi connectivity index (χ4v) is 4.61. The van der Waals surface area contributed by atoms with Crippen LogP contribution in [0.1, 0.15) is 29.8 Å². The van der Waals surface area contributed by atoms with E-state index in [1.165, 1.54) is 0 Å². The van der Waals surface area contributed by atoms with Crippen molar-refractivity contribution in [3.63, 3.8) is 0 Å². The number of carbonyl (C=O) groups excluding carboxylic acids is 1. The molecule has 3 heterocycles. The maximum atomic E-state index is 13.3. The van der Waals surface area contributed by atoms with E-state index in [1.807, 2.05) is 59.3 Å². The summed E-state index contributed by atoms with van der Waals surface area (Å²) < 4.78 is 19.2. The lowest BCUT2D eigenvalue weighted by molar-refractivity contribution is 0.0898. The molecule has 1 amide bonds. The second-order valence-electron chi connectivity index (χ2n) is 8.38. The minimum atomic E-state index is -0.0319. The fourth-order valence-electron chi connectivity index (χ4n) is 4.48. The second-order valence-corrected chi connectivity index (χ2v) is 8.81. The highest BCUT2D eigenvalue weighted by atomic mass is 35.5. The van der Waals surface area contributed by atoms with Gasteiger partial charge in [0.1, 0.15) is 5.69 Å². The first-order chi connectivity index (χ1) is 16.1. The van der Waals surface area contributed by atoms with Crippen molar-refractivity contribution in [2.75, 3.05) is 31.8 Å². The number of fused-ring (bicyclic) bond motifs is 1. The number of anilines is 1. The van der Waals surface area contributed by atoms with Crippen LogP contribution < -0.4 is 14.4 Å². The smallest absolute Gasteiger partial charge is 0.274 e.